The molecule has 1 heterocycles. The number of Topliss-reactive ketones (excluding diaryl/α,β-unsaturated/α-hetero) is 1. The van der Waals surface area contributed by atoms with E-state index in [1.807, 2.05) is 51.1 Å². The van der Waals surface area contributed by atoms with Crippen LogP contribution < -0.4 is 5.73 Å². The van der Waals surface area contributed by atoms with Crippen molar-refractivity contribution in [3.63, 3.8) is 0 Å². The highest BCUT2D eigenvalue weighted by molar-refractivity contribution is 6.12. The van der Waals surface area contributed by atoms with Crippen molar-refractivity contribution in [1.29, 1.82) is 0 Å². The summed E-state index contributed by atoms with van der Waals surface area (Å²) in [6.45, 7) is 4.69. The Balaban J connectivity index is 1.59. The number of imide groups is 2. The fraction of sp³-hybridized carbons (Fsp3) is 0.472. The number of ketones is 1. The Hall–Kier alpha value is -4.09. The van der Waals surface area contributed by atoms with Gasteiger partial charge in [0.25, 0.3) is 17.7 Å². The van der Waals surface area contributed by atoms with Crippen LogP contribution in [0.5, 0.6) is 0 Å². The molecule has 11 heteroatoms. The van der Waals surface area contributed by atoms with Gasteiger partial charge >= 0.3 is 0 Å². The summed E-state index contributed by atoms with van der Waals surface area (Å²) in [6.07, 6.45) is 3.27. The van der Waals surface area contributed by atoms with Gasteiger partial charge in [-0.15, -0.1) is 0 Å². The molecule has 2 aliphatic rings. The van der Waals surface area contributed by atoms with Gasteiger partial charge in [-0.2, -0.15) is 0 Å². The van der Waals surface area contributed by atoms with Crippen molar-refractivity contribution in [2.24, 2.45) is 23.0 Å². The van der Waals surface area contributed by atoms with E-state index in [0.717, 1.165) is 39.6 Å². The smallest absolute Gasteiger partial charge is 0.255 e. The van der Waals surface area contributed by atoms with Crippen molar-refractivity contribution in [2.45, 2.75) is 77.3 Å². The molecular formula is C36H43F2N3O6. The number of carbonyl (C=O) groups excluding carboxylic acids is 5. The second-order valence-electron chi connectivity index (χ2n) is 13.6. The molecular weight excluding hydrogens is 608 g/mol. The van der Waals surface area contributed by atoms with Crippen LogP contribution in [-0.2, 0) is 30.4 Å². The molecule has 5 atom stereocenters. The average molecular weight is 652 g/mol. The fourth-order valence-electron chi connectivity index (χ4n) is 7.17. The first-order chi connectivity index (χ1) is 22.2. The maximum absolute atomic E-state index is 15.0. The van der Waals surface area contributed by atoms with E-state index in [9.17, 15) is 33.5 Å². The van der Waals surface area contributed by atoms with Gasteiger partial charge in [0.15, 0.2) is 0 Å². The number of carbonyl (C=O) groups is 5. The molecule has 0 radical (unpaired) electrons. The Bertz CT molecular complexity index is 1500. The second-order valence-corrected chi connectivity index (χ2v) is 13.6. The van der Waals surface area contributed by atoms with E-state index in [1.54, 1.807) is 0 Å². The normalized spacial score (nSPS) is 20.8. The van der Waals surface area contributed by atoms with Gasteiger partial charge in [0, 0.05) is 37.6 Å². The maximum atomic E-state index is 15.0. The number of nitrogens with zero attached hydrogens (tertiary/aromatic N) is 2. The van der Waals surface area contributed by atoms with E-state index in [2.05, 4.69) is 0 Å². The summed E-state index contributed by atoms with van der Waals surface area (Å²) >= 11 is 0. The molecule has 1 aliphatic heterocycles. The lowest BCUT2D eigenvalue weighted by Crippen LogP contribution is -2.57. The van der Waals surface area contributed by atoms with Crippen LogP contribution >= 0.6 is 0 Å². The monoisotopic (exact) mass is 651 g/mol. The Morgan fingerprint density at radius 3 is 2.28 bits per heavy atom. The summed E-state index contributed by atoms with van der Waals surface area (Å²) in [4.78, 5) is 65.9. The van der Waals surface area contributed by atoms with Crippen molar-refractivity contribution in [3.8, 4) is 0 Å². The summed E-state index contributed by atoms with van der Waals surface area (Å²) < 4.78 is 29.3. The second kappa shape index (κ2) is 15.2. The van der Waals surface area contributed by atoms with Gasteiger partial charge in [-0.3, -0.25) is 33.8 Å². The fourth-order valence-corrected chi connectivity index (χ4v) is 7.17. The lowest BCUT2D eigenvalue weighted by molar-refractivity contribution is -0.156. The van der Waals surface area contributed by atoms with Crippen LogP contribution in [0.4, 0.5) is 8.78 Å². The van der Waals surface area contributed by atoms with Gasteiger partial charge < -0.3 is 10.8 Å². The van der Waals surface area contributed by atoms with Crippen LogP contribution in [0.2, 0.25) is 0 Å². The number of nitrogens with two attached hydrogens (primary N) is 1. The Morgan fingerprint density at radius 2 is 1.66 bits per heavy atom. The molecule has 1 saturated carbocycles. The molecule has 4 rings (SSSR count). The minimum Gasteiger partial charge on any atom is -0.387 e. The molecule has 9 nitrogen and oxygen atoms in total. The zero-order valence-electron chi connectivity index (χ0n) is 27.0. The number of amides is 4. The van der Waals surface area contributed by atoms with Crippen LogP contribution in [0.15, 0.2) is 60.7 Å². The van der Waals surface area contributed by atoms with E-state index >= 15 is 4.39 Å². The highest BCUT2D eigenvalue weighted by Crippen LogP contribution is 2.50. The third kappa shape index (κ3) is 8.64. The number of hydrogen-bond donors (Lipinski definition) is 2. The molecule has 47 heavy (non-hydrogen) atoms. The molecule has 0 aromatic heterocycles. The molecule has 2 aromatic rings. The number of rotatable bonds is 13. The predicted octanol–water partition coefficient (Wildman–Crippen LogP) is 4.07. The van der Waals surface area contributed by atoms with Crippen molar-refractivity contribution in [3.05, 3.63) is 83.4 Å². The van der Waals surface area contributed by atoms with E-state index in [-0.39, 0.29) is 42.7 Å². The topological polar surface area (TPSA) is 138 Å². The number of aliphatic hydroxyl groups is 1. The van der Waals surface area contributed by atoms with E-state index < -0.39 is 71.6 Å². The Kier molecular flexibility index (Phi) is 11.6. The number of aliphatic hydroxyl groups excluding tert-OH is 1. The number of benzene rings is 2. The Morgan fingerprint density at radius 1 is 1.00 bits per heavy atom. The minimum atomic E-state index is -1.27. The summed E-state index contributed by atoms with van der Waals surface area (Å²) in [5, 5.41) is 10.0. The van der Waals surface area contributed by atoms with Crippen LogP contribution in [-0.4, -0.2) is 69.6 Å². The molecule has 2 aromatic carbocycles. The highest BCUT2D eigenvalue weighted by Gasteiger charge is 2.49. The van der Waals surface area contributed by atoms with Crippen molar-refractivity contribution >= 4 is 29.4 Å². The molecule has 0 bridgehead atoms. The average Bonchev–Trinajstić information content (AvgIpc) is 3.57. The van der Waals surface area contributed by atoms with E-state index in [0.29, 0.717) is 19.3 Å². The van der Waals surface area contributed by atoms with Crippen LogP contribution in [0.1, 0.15) is 69.9 Å². The molecule has 3 N–H and O–H groups in total. The van der Waals surface area contributed by atoms with Crippen molar-refractivity contribution in [2.75, 3.05) is 13.2 Å². The first-order valence-corrected chi connectivity index (χ1v) is 16.0. The molecule has 4 amide bonds. The molecule has 1 aliphatic carbocycles. The third-order valence-corrected chi connectivity index (χ3v) is 9.25. The standard InChI is InChI=1S/C36H43F2N3O6/c1-36(2,3)35(27-18-24(26-19-25(37)11-12-28(26)38)17-23(27)16-22-8-5-4-6-9-22)41(34(47)21-42)33(46)20-29(39)30(43)10-7-15-40-31(44)13-14-32(40)45/h4-6,8-9,11-14,19,23-24,27,29,35,42H,7,10,15-18,20-21,39H2,1-3H3/t23?,24?,27?,29-,35-/m0/s1. The van der Waals surface area contributed by atoms with Crippen LogP contribution in [0, 0.1) is 28.9 Å². The van der Waals surface area contributed by atoms with Crippen LogP contribution in [0.25, 0.3) is 0 Å². The minimum absolute atomic E-state index is 0.0237. The molecule has 1 fully saturated rings. The zero-order chi connectivity index (χ0) is 34.5. The Labute approximate surface area is 273 Å². The quantitative estimate of drug-likeness (QED) is 0.312. The zero-order valence-corrected chi connectivity index (χ0v) is 27.0. The van der Waals surface area contributed by atoms with Gasteiger partial charge in [0.2, 0.25) is 5.91 Å². The summed E-state index contributed by atoms with van der Waals surface area (Å²) in [7, 11) is 0. The molecule has 3 unspecified atom stereocenters. The predicted molar refractivity (Wildman–Crippen MR) is 170 cm³/mol. The lowest BCUT2D eigenvalue weighted by atomic mass is 9.72. The first-order valence-electron chi connectivity index (χ1n) is 16.0. The summed E-state index contributed by atoms with van der Waals surface area (Å²) in [5.74, 6) is -4.94. The first kappa shape index (κ1) is 35.8. The van der Waals surface area contributed by atoms with Crippen LogP contribution in [0.3, 0.4) is 0 Å². The highest BCUT2D eigenvalue weighted by atomic mass is 19.1. The van der Waals surface area contributed by atoms with Gasteiger partial charge in [-0.1, -0.05) is 51.1 Å². The van der Waals surface area contributed by atoms with Gasteiger partial charge in [0.1, 0.15) is 24.0 Å². The molecule has 0 saturated heterocycles. The molecule has 0 spiro atoms. The van der Waals surface area contributed by atoms with Gasteiger partial charge in [-0.25, -0.2) is 8.78 Å². The third-order valence-electron chi connectivity index (χ3n) is 9.25. The molecule has 252 valence electrons. The number of halogens is 2. The van der Waals surface area contributed by atoms with Crippen molar-refractivity contribution < 1.29 is 37.9 Å². The van der Waals surface area contributed by atoms with Gasteiger partial charge in [0.05, 0.1) is 6.04 Å². The number of hydrogen-bond acceptors (Lipinski definition) is 7. The van der Waals surface area contributed by atoms with Gasteiger partial charge in [-0.05, 0) is 78.2 Å². The van der Waals surface area contributed by atoms with E-state index in [4.69, 9.17) is 5.73 Å². The summed E-state index contributed by atoms with van der Waals surface area (Å²) in [6, 6.07) is 11.0. The maximum Gasteiger partial charge on any atom is 0.255 e. The SMILES string of the molecule is CC(C)(C)[C@H](C1CC(c2cc(F)ccc2F)CC1Cc1ccccc1)N(C(=O)CO)C(=O)C[C@H](N)C(=O)CCCN1C(=O)C=CC1=O. The summed E-state index contributed by atoms with van der Waals surface area (Å²) in [5.41, 5.74) is 6.70. The largest absolute Gasteiger partial charge is 0.387 e. The van der Waals surface area contributed by atoms with E-state index in [1.165, 1.54) is 6.07 Å². The lowest BCUT2D eigenvalue weighted by Gasteiger charge is -2.44. The van der Waals surface area contributed by atoms with Crippen molar-refractivity contribution in [1.82, 2.24) is 9.80 Å².